The van der Waals surface area contributed by atoms with Crippen molar-refractivity contribution in [2.75, 3.05) is 0 Å². The Hall–Kier alpha value is -1.13. The Kier molecular flexibility index (Phi) is 4.77. The lowest BCUT2D eigenvalue weighted by Crippen LogP contribution is -2.29. The fraction of sp³-hybridized carbons (Fsp3) is 0.143. The van der Waals surface area contributed by atoms with Gasteiger partial charge in [-0.05, 0) is 35.7 Å². The van der Waals surface area contributed by atoms with Gasteiger partial charge in [0.1, 0.15) is 5.82 Å². The van der Waals surface area contributed by atoms with Crippen LogP contribution in [0.1, 0.15) is 17.2 Å². The van der Waals surface area contributed by atoms with Crippen molar-refractivity contribution in [2.45, 2.75) is 12.5 Å². The molecular formula is C14H13Cl2FN2. The monoisotopic (exact) mass is 298 g/mol. The van der Waals surface area contributed by atoms with Crippen LogP contribution in [0.4, 0.5) is 4.39 Å². The zero-order valence-electron chi connectivity index (χ0n) is 10.0. The second kappa shape index (κ2) is 6.35. The summed E-state index contributed by atoms with van der Waals surface area (Å²) in [4.78, 5) is 0. The molecule has 0 aliphatic heterocycles. The lowest BCUT2D eigenvalue weighted by Gasteiger charge is -2.17. The Morgan fingerprint density at radius 2 is 1.79 bits per heavy atom. The van der Waals surface area contributed by atoms with E-state index in [-0.39, 0.29) is 11.9 Å². The summed E-state index contributed by atoms with van der Waals surface area (Å²) in [6.45, 7) is 0. The van der Waals surface area contributed by atoms with Crippen molar-refractivity contribution in [3.05, 3.63) is 69.5 Å². The Morgan fingerprint density at radius 3 is 2.42 bits per heavy atom. The number of rotatable bonds is 4. The second-order valence-corrected chi connectivity index (χ2v) is 4.97. The van der Waals surface area contributed by atoms with Crippen molar-refractivity contribution in [3.8, 4) is 0 Å². The highest BCUT2D eigenvalue weighted by molar-refractivity contribution is 6.42. The quantitative estimate of drug-likeness (QED) is 0.664. The summed E-state index contributed by atoms with van der Waals surface area (Å²) in [5.41, 5.74) is 4.49. The van der Waals surface area contributed by atoms with Crippen molar-refractivity contribution in [1.82, 2.24) is 5.43 Å². The number of halogens is 3. The average molecular weight is 299 g/mol. The van der Waals surface area contributed by atoms with Gasteiger partial charge in [0.25, 0.3) is 0 Å². The van der Waals surface area contributed by atoms with Gasteiger partial charge in [0.15, 0.2) is 0 Å². The van der Waals surface area contributed by atoms with Crippen LogP contribution in [0.2, 0.25) is 10.0 Å². The highest BCUT2D eigenvalue weighted by atomic mass is 35.5. The Balaban J connectivity index is 2.24. The molecule has 2 nitrogen and oxygen atoms in total. The van der Waals surface area contributed by atoms with Gasteiger partial charge in [0, 0.05) is 0 Å². The molecule has 0 bridgehead atoms. The standard InChI is InChI=1S/C14H13Cl2FN2/c15-12-3-1-2-10(14(12)16)8-13(19-18)9-4-6-11(17)7-5-9/h1-7,13,19H,8,18H2. The van der Waals surface area contributed by atoms with E-state index in [1.165, 1.54) is 12.1 Å². The summed E-state index contributed by atoms with van der Waals surface area (Å²) < 4.78 is 12.9. The van der Waals surface area contributed by atoms with Gasteiger partial charge in [-0.3, -0.25) is 11.3 Å². The predicted molar refractivity (Wildman–Crippen MR) is 76.6 cm³/mol. The highest BCUT2D eigenvalue weighted by Gasteiger charge is 2.13. The van der Waals surface area contributed by atoms with Crippen molar-refractivity contribution >= 4 is 23.2 Å². The van der Waals surface area contributed by atoms with Gasteiger partial charge in [-0.15, -0.1) is 0 Å². The minimum atomic E-state index is -0.277. The third-order valence-corrected chi connectivity index (χ3v) is 3.79. The van der Waals surface area contributed by atoms with E-state index in [9.17, 15) is 4.39 Å². The van der Waals surface area contributed by atoms with Gasteiger partial charge in [0.2, 0.25) is 0 Å². The Bertz CT molecular complexity index is 558. The number of nitrogens with two attached hydrogens (primary N) is 1. The fourth-order valence-corrected chi connectivity index (χ4v) is 2.29. The molecule has 0 radical (unpaired) electrons. The summed E-state index contributed by atoms with van der Waals surface area (Å²) in [5, 5.41) is 1.03. The van der Waals surface area contributed by atoms with Gasteiger partial charge in [0.05, 0.1) is 16.1 Å². The Morgan fingerprint density at radius 1 is 1.11 bits per heavy atom. The van der Waals surface area contributed by atoms with E-state index in [0.717, 1.165) is 11.1 Å². The molecule has 3 N–H and O–H groups in total. The lowest BCUT2D eigenvalue weighted by atomic mass is 9.99. The molecule has 2 aromatic rings. The van der Waals surface area contributed by atoms with Crippen molar-refractivity contribution in [1.29, 1.82) is 0 Å². The van der Waals surface area contributed by atoms with Crippen molar-refractivity contribution in [2.24, 2.45) is 5.84 Å². The zero-order valence-corrected chi connectivity index (χ0v) is 11.5. The summed E-state index contributed by atoms with van der Waals surface area (Å²) >= 11 is 12.1. The maximum atomic E-state index is 12.9. The SMILES string of the molecule is NNC(Cc1cccc(Cl)c1Cl)c1ccc(F)cc1. The van der Waals surface area contributed by atoms with Crippen LogP contribution < -0.4 is 11.3 Å². The van der Waals surface area contributed by atoms with E-state index in [0.29, 0.717) is 16.5 Å². The third kappa shape index (κ3) is 3.45. The summed E-state index contributed by atoms with van der Waals surface area (Å²) in [7, 11) is 0. The van der Waals surface area contributed by atoms with Crippen LogP contribution in [0.3, 0.4) is 0 Å². The molecule has 0 aromatic heterocycles. The minimum absolute atomic E-state index is 0.156. The molecule has 0 aliphatic rings. The number of benzene rings is 2. The molecule has 1 unspecified atom stereocenters. The molecule has 2 rings (SSSR count). The molecular weight excluding hydrogens is 286 g/mol. The molecule has 0 spiro atoms. The van der Waals surface area contributed by atoms with Crippen LogP contribution in [0.25, 0.3) is 0 Å². The van der Waals surface area contributed by atoms with Gasteiger partial charge < -0.3 is 0 Å². The van der Waals surface area contributed by atoms with E-state index >= 15 is 0 Å². The minimum Gasteiger partial charge on any atom is -0.271 e. The normalized spacial score (nSPS) is 12.4. The first-order chi connectivity index (χ1) is 9.11. The maximum absolute atomic E-state index is 12.9. The van der Waals surface area contributed by atoms with Crippen LogP contribution in [-0.4, -0.2) is 0 Å². The van der Waals surface area contributed by atoms with Crippen molar-refractivity contribution < 1.29 is 4.39 Å². The molecule has 100 valence electrons. The first-order valence-electron chi connectivity index (χ1n) is 5.76. The van der Waals surface area contributed by atoms with Gasteiger partial charge in [-0.1, -0.05) is 47.5 Å². The highest BCUT2D eigenvalue weighted by Crippen LogP contribution is 2.29. The maximum Gasteiger partial charge on any atom is 0.123 e. The summed E-state index contributed by atoms with van der Waals surface area (Å²) in [6.07, 6.45) is 0.571. The Labute approximate surface area is 121 Å². The number of hydrogen-bond acceptors (Lipinski definition) is 2. The van der Waals surface area contributed by atoms with E-state index < -0.39 is 0 Å². The first kappa shape index (κ1) is 14.3. The van der Waals surface area contributed by atoms with Crippen LogP contribution in [0, 0.1) is 5.82 Å². The summed E-state index contributed by atoms with van der Waals surface area (Å²) in [5.74, 6) is 5.28. The topological polar surface area (TPSA) is 38.0 Å². The molecule has 0 heterocycles. The first-order valence-corrected chi connectivity index (χ1v) is 6.52. The summed E-state index contributed by atoms with van der Waals surface area (Å²) in [6, 6.07) is 11.5. The van der Waals surface area contributed by atoms with Crippen LogP contribution in [0.15, 0.2) is 42.5 Å². The second-order valence-electron chi connectivity index (χ2n) is 4.19. The molecule has 1 atom stereocenters. The predicted octanol–water partition coefficient (Wildman–Crippen LogP) is 3.88. The van der Waals surface area contributed by atoms with E-state index in [2.05, 4.69) is 5.43 Å². The van der Waals surface area contributed by atoms with E-state index in [1.54, 1.807) is 18.2 Å². The van der Waals surface area contributed by atoms with Crippen LogP contribution in [-0.2, 0) is 6.42 Å². The third-order valence-electron chi connectivity index (χ3n) is 2.93. The van der Waals surface area contributed by atoms with Gasteiger partial charge in [-0.25, -0.2) is 4.39 Å². The van der Waals surface area contributed by atoms with Gasteiger partial charge >= 0.3 is 0 Å². The average Bonchev–Trinajstić information content (AvgIpc) is 2.42. The number of hydrazine groups is 1. The lowest BCUT2D eigenvalue weighted by molar-refractivity contribution is 0.549. The van der Waals surface area contributed by atoms with Crippen molar-refractivity contribution in [3.63, 3.8) is 0 Å². The van der Waals surface area contributed by atoms with Gasteiger partial charge in [-0.2, -0.15) is 0 Å². The molecule has 0 amide bonds. The molecule has 19 heavy (non-hydrogen) atoms. The zero-order chi connectivity index (χ0) is 13.8. The number of nitrogens with one attached hydrogen (secondary N) is 1. The van der Waals surface area contributed by atoms with E-state index in [1.807, 2.05) is 12.1 Å². The smallest absolute Gasteiger partial charge is 0.123 e. The molecule has 0 fully saturated rings. The molecule has 0 saturated carbocycles. The molecule has 0 saturated heterocycles. The fourth-order valence-electron chi connectivity index (χ4n) is 1.89. The molecule has 5 heteroatoms. The largest absolute Gasteiger partial charge is 0.271 e. The number of hydrogen-bond donors (Lipinski definition) is 2. The van der Waals surface area contributed by atoms with Crippen LogP contribution >= 0.6 is 23.2 Å². The molecule has 0 aliphatic carbocycles. The van der Waals surface area contributed by atoms with E-state index in [4.69, 9.17) is 29.0 Å². The van der Waals surface area contributed by atoms with Crippen LogP contribution in [0.5, 0.6) is 0 Å². The molecule has 2 aromatic carbocycles.